The van der Waals surface area contributed by atoms with Gasteiger partial charge < -0.3 is 24.9 Å². The van der Waals surface area contributed by atoms with Gasteiger partial charge >= 0.3 is 12.1 Å². The summed E-state index contributed by atoms with van der Waals surface area (Å²) in [6.45, 7) is 4.89. The van der Waals surface area contributed by atoms with Crippen LogP contribution in [0.4, 0.5) is 15.3 Å². The zero-order valence-electron chi connectivity index (χ0n) is 18.3. The monoisotopic (exact) mass is 447 g/mol. The highest BCUT2D eigenvalue weighted by molar-refractivity contribution is 6.30. The van der Waals surface area contributed by atoms with E-state index in [-0.39, 0.29) is 35.3 Å². The van der Waals surface area contributed by atoms with Crippen molar-refractivity contribution in [3.63, 3.8) is 0 Å². The van der Waals surface area contributed by atoms with E-state index in [0.29, 0.717) is 43.4 Å². The van der Waals surface area contributed by atoms with E-state index < -0.39 is 0 Å². The number of carbonyl (C=O) groups excluding carboxylic acids is 3. The number of urea groups is 2. The molecular weight excluding hydrogens is 418 g/mol. The van der Waals surface area contributed by atoms with Gasteiger partial charge in [-0.25, -0.2) is 9.59 Å². The molecule has 0 aliphatic carbocycles. The number of rotatable bonds is 2. The van der Waals surface area contributed by atoms with Gasteiger partial charge in [-0.15, -0.1) is 0 Å². The molecule has 3 saturated heterocycles. The van der Waals surface area contributed by atoms with Gasteiger partial charge in [-0.1, -0.05) is 17.7 Å². The van der Waals surface area contributed by atoms with E-state index in [4.69, 9.17) is 11.6 Å². The zero-order chi connectivity index (χ0) is 22.3. The van der Waals surface area contributed by atoms with E-state index in [1.807, 2.05) is 17.9 Å². The number of hydrogen-bond acceptors (Lipinski definition) is 3. The molecule has 3 fully saturated rings. The van der Waals surface area contributed by atoms with Gasteiger partial charge in [0.1, 0.15) is 0 Å². The molecule has 9 heteroatoms. The lowest BCUT2D eigenvalue weighted by molar-refractivity contribution is -0.135. The normalized spacial score (nSPS) is 24.5. The minimum atomic E-state index is -0.287. The maximum atomic E-state index is 13.2. The molecule has 4 rings (SSSR count). The Balaban J connectivity index is 1.47. The number of hydrogen-bond donors (Lipinski definition) is 1. The minimum Gasteiger partial charge on any atom is -0.336 e. The second-order valence-corrected chi connectivity index (χ2v) is 9.35. The van der Waals surface area contributed by atoms with Gasteiger partial charge in [-0.3, -0.25) is 4.79 Å². The first kappa shape index (κ1) is 21.7. The van der Waals surface area contributed by atoms with Crippen molar-refractivity contribution >= 4 is 35.3 Å². The third-order valence-corrected chi connectivity index (χ3v) is 7.33. The smallest absolute Gasteiger partial charge is 0.321 e. The van der Waals surface area contributed by atoms with Crippen molar-refractivity contribution in [3.8, 4) is 0 Å². The lowest BCUT2D eigenvalue weighted by atomic mass is 9.75. The van der Waals surface area contributed by atoms with Crippen LogP contribution in [0.25, 0.3) is 0 Å². The van der Waals surface area contributed by atoms with E-state index in [1.54, 1.807) is 47.0 Å². The molecular formula is C22H30ClN5O3. The maximum absolute atomic E-state index is 13.2. The first-order valence-corrected chi connectivity index (χ1v) is 11.2. The van der Waals surface area contributed by atoms with E-state index in [1.165, 1.54) is 0 Å². The van der Waals surface area contributed by atoms with Crippen molar-refractivity contribution in [3.05, 3.63) is 29.3 Å². The Morgan fingerprint density at radius 2 is 1.90 bits per heavy atom. The number of amides is 5. The van der Waals surface area contributed by atoms with Crippen LogP contribution >= 0.6 is 11.6 Å². The molecule has 168 valence electrons. The number of piperidine rings is 1. The Labute approximate surface area is 188 Å². The molecule has 2 atom stereocenters. The number of benzene rings is 1. The van der Waals surface area contributed by atoms with Crippen LogP contribution in [0.5, 0.6) is 0 Å². The first-order valence-electron chi connectivity index (χ1n) is 10.9. The number of nitrogens with zero attached hydrogens (tertiary/aromatic N) is 4. The summed E-state index contributed by atoms with van der Waals surface area (Å²) in [5.74, 6) is 0.121. The Morgan fingerprint density at radius 1 is 1.19 bits per heavy atom. The highest BCUT2D eigenvalue weighted by atomic mass is 35.5. The highest BCUT2D eigenvalue weighted by Gasteiger charge is 2.62. The topological polar surface area (TPSA) is 76.2 Å². The number of fused-ring (bicyclic) bond motifs is 2. The molecule has 1 aromatic rings. The van der Waals surface area contributed by atoms with Gasteiger partial charge in [-0.2, -0.15) is 0 Å². The van der Waals surface area contributed by atoms with Gasteiger partial charge in [0.25, 0.3) is 0 Å². The van der Waals surface area contributed by atoms with Gasteiger partial charge in [0.2, 0.25) is 5.91 Å². The summed E-state index contributed by atoms with van der Waals surface area (Å²) in [5.41, 5.74) is 0.378. The Bertz CT molecular complexity index is 884. The van der Waals surface area contributed by atoms with Crippen molar-refractivity contribution in [2.75, 3.05) is 52.1 Å². The van der Waals surface area contributed by atoms with Crippen LogP contribution < -0.4 is 5.32 Å². The van der Waals surface area contributed by atoms with Crippen LogP contribution in [0.2, 0.25) is 5.02 Å². The number of carbonyl (C=O) groups is 3. The van der Waals surface area contributed by atoms with Gasteiger partial charge in [0, 0.05) is 63.4 Å². The minimum absolute atomic E-state index is 0.0428. The summed E-state index contributed by atoms with van der Waals surface area (Å²) in [6, 6.07) is 6.89. The Hall–Kier alpha value is -2.48. The molecule has 31 heavy (non-hydrogen) atoms. The number of likely N-dealkylation sites (tertiary alicyclic amines) is 3. The second-order valence-electron chi connectivity index (χ2n) is 8.91. The largest absolute Gasteiger partial charge is 0.336 e. The Morgan fingerprint density at radius 3 is 2.52 bits per heavy atom. The standard InChI is InChI=1S/C22H30ClN5O3/c1-4-28-19(29)17-13-27(21(31)25(2)3)14-18(17)22(28)8-10-26(11-9-22)20(30)24-16-7-5-6-15(23)12-16/h5-7,12,17-18H,4,8-11,13-14H2,1-3H3,(H,24,30)/t17-,18+/m1/s1. The summed E-state index contributed by atoms with van der Waals surface area (Å²) in [6.07, 6.45) is 1.45. The van der Waals surface area contributed by atoms with Gasteiger partial charge in [0.05, 0.1) is 11.5 Å². The maximum Gasteiger partial charge on any atom is 0.321 e. The van der Waals surface area contributed by atoms with E-state index >= 15 is 0 Å². The molecule has 0 bridgehead atoms. The quantitative estimate of drug-likeness (QED) is 0.757. The van der Waals surface area contributed by atoms with Crippen molar-refractivity contribution in [1.29, 1.82) is 0 Å². The van der Waals surface area contributed by atoms with Gasteiger partial charge in [-0.05, 0) is 38.0 Å². The average Bonchev–Trinajstić information content (AvgIpc) is 3.27. The lowest BCUT2D eigenvalue weighted by Crippen LogP contribution is -2.58. The third kappa shape index (κ3) is 3.71. The first-order chi connectivity index (χ1) is 14.8. The lowest BCUT2D eigenvalue weighted by Gasteiger charge is -2.47. The molecule has 0 radical (unpaired) electrons. The Kier molecular flexibility index (Phi) is 5.77. The van der Waals surface area contributed by atoms with Crippen LogP contribution in [0.15, 0.2) is 24.3 Å². The van der Waals surface area contributed by atoms with E-state index in [9.17, 15) is 14.4 Å². The predicted octanol–water partition coefficient (Wildman–Crippen LogP) is 2.80. The summed E-state index contributed by atoms with van der Waals surface area (Å²) >= 11 is 6.01. The van der Waals surface area contributed by atoms with Crippen LogP contribution in [-0.2, 0) is 4.79 Å². The molecule has 1 N–H and O–H groups in total. The van der Waals surface area contributed by atoms with Crippen molar-refractivity contribution < 1.29 is 14.4 Å². The molecule has 1 aromatic carbocycles. The van der Waals surface area contributed by atoms with E-state index in [0.717, 1.165) is 12.8 Å². The zero-order valence-corrected chi connectivity index (χ0v) is 19.1. The highest BCUT2D eigenvalue weighted by Crippen LogP contribution is 2.49. The SMILES string of the molecule is CCN1C(=O)[C@@H]2CN(C(=O)N(C)C)C[C@@H]2C12CCN(C(=O)Nc1cccc(Cl)c1)CC2. The molecule has 8 nitrogen and oxygen atoms in total. The van der Waals surface area contributed by atoms with Crippen molar-refractivity contribution in [1.82, 2.24) is 19.6 Å². The molecule has 3 aliphatic rings. The fraction of sp³-hybridized carbons (Fsp3) is 0.591. The predicted molar refractivity (Wildman–Crippen MR) is 119 cm³/mol. The number of nitrogens with one attached hydrogen (secondary N) is 1. The van der Waals surface area contributed by atoms with E-state index in [2.05, 4.69) is 5.32 Å². The fourth-order valence-electron chi connectivity index (χ4n) is 5.63. The summed E-state index contributed by atoms with van der Waals surface area (Å²) in [7, 11) is 3.48. The third-order valence-electron chi connectivity index (χ3n) is 7.09. The van der Waals surface area contributed by atoms with Crippen molar-refractivity contribution in [2.45, 2.75) is 25.3 Å². The summed E-state index contributed by atoms with van der Waals surface area (Å²) < 4.78 is 0. The second kappa shape index (κ2) is 8.22. The number of anilines is 1. The van der Waals surface area contributed by atoms with Crippen LogP contribution in [-0.4, -0.2) is 89.9 Å². The number of halogens is 1. The van der Waals surface area contributed by atoms with Crippen LogP contribution in [0, 0.1) is 11.8 Å². The molecule has 0 saturated carbocycles. The summed E-state index contributed by atoms with van der Waals surface area (Å²) in [5, 5.41) is 3.48. The fourth-order valence-corrected chi connectivity index (χ4v) is 5.82. The molecule has 3 heterocycles. The molecule has 5 amide bonds. The van der Waals surface area contributed by atoms with Crippen LogP contribution in [0.3, 0.4) is 0 Å². The molecule has 3 aliphatic heterocycles. The average molecular weight is 448 g/mol. The molecule has 1 spiro atoms. The van der Waals surface area contributed by atoms with Crippen molar-refractivity contribution in [2.24, 2.45) is 11.8 Å². The molecule has 0 aromatic heterocycles. The molecule has 0 unspecified atom stereocenters. The summed E-state index contributed by atoms with van der Waals surface area (Å²) in [4.78, 5) is 45.7. The van der Waals surface area contributed by atoms with Crippen LogP contribution in [0.1, 0.15) is 19.8 Å². The van der Waals surface area contributed by atoms with Gasteiger partial charge in [0.15, 0.2) is 0 Å².